The van der Waals surface area contributed by atoms with Crippen LogP contribution in [0.3, 0.4) is 0 Å². The quantitative estimate of drug-likeness (QED) is 0.235. The third-order valence-electron chi connectivity index (χ3n) is 5.09. The Balaban J connectivity index is 1.61. The van der Waals surface area contributed by atoms with Crippen molar-refractivity contribution in [3.8, 4) is 11.5 Å². The van der Waals surface area contributed by atoms with Crippen molar-refractivity contribution in [1.29, 1.82) is 0 Å². The molecule has 0 aliphatic carbocycles. The highest BCUT2D eigenvalue weighted by Gasteiger charge is 2.27. The molecule has 2 aromatic carbocycles. The Morgan fingerprint density at radius 1 is 0.939 bits per heavy atom. The molecule has 0 aliphatic rings. The van der Waals surface area contributed by atoms with E-state index in [1.807, 2.05) is 6.07 Å². The van der Waals surface area contributed by atoms with E-state index >= 15 is 0 Å². The number of ketones is 1. The van der Waals surface area contributed by atoms with Crippen molar-refractivity contribution < 1.29 is 9.32 Å². The van der Waals surface area contributed by atoms with Gasteiger partial charge in [-0.25, -0.2) is 0 Å². The van der Waals surface area contributed by atoms with Gasteiger partial charge in [0.1, 0.15) is 5.15 Å². The molecular weight excluding hydrogens is 506 g/mol. The number of carbonyl (C=O) groups excluding carboxylic acids is 1. The van der Waals surface area contributed by atoms with E-state index in [9.17, 15) is 4.79 Å². The number of nitrogens with zero attached hydrogens (tertiary/aromatic N) is 4. The molecule has 0 unspecified atom stereocenters. The van der Waals surface area contributed by atoms with Crippen LogP contribution in [0.2, 0.25) is 20.2 Å². The van der Waals surface area contributed by atoms with Crippen LogP contribution in [0.4, 0.5) is 0 Å². The Bertz CT molecular complexity index is 1510. The van der Waals surface area contributed by atoms with Crippen molar-refractivity contribution in [2.24, 2.45) is 0 Å². The molecule has 10 heteroatoms. The Labute approximate surface area is 207 Å². The van der Waals surface area contributed by atoms with Gasteiger partial charge in [-0.05, 0) is 48.0 Å². The van der Waals surface area contributed by atoms with Crippen molar-refractivity contribution in [3.63, 3.8) is 0 Å². The van der Waals surface area contributed by atoms with Crippen molar-refractivity contribution in [1.82, 2.24) is 19.7 Å². The average molecular weight is 518 g/mol. The molecule has 0 fully saturated rings. The van der Waals surface area contributed by atoms with E-state index in [4.69, 9.17) is 50.9 Å². The Morgan fingerprint density at radius 2 is 1.67 bits per heavy atom. The van der Waals surface area contributed by atoms with Gasteiger partial charge in [0.25, 0.3) is 5.89 Å². The monoisotopic (exact) mass is 516 g/mol. The van der Waals surface area contributed by atoms with Crippen molar-refractivity contribution in [2.75, 3.05) is 0 Å². The third kappa shape index (κ3) is 4.11. The summed E-state index contributed by atoms with van der Waals surface area (Å²) in [6.45, 7) is 0.314. The molecule has 5 aromatic rings. The first kappa shape index (κ1) is 21.9. The van der Waals surface area contributed by atoms with Gasteiger partial charge in [0, 0.05) is 38.4 Å². The van der Waals surface area contributed by atoms with Crippen LogP contribution in [0.15, 0.2) is 65.4 Å². The van der Waals surface area contributed by atoms with Gasteiger partial charge >= 0.3 is 0 Å². The van der Waals surface area contributed by atoms with E-state index in [1.165, 1.54) is 0 Å². The second-order valence-corrected chi connectivity index (χ2v) is 8.78. The fraction of sp³-hybridized carbons (Fsp3) is 0.0435. The maximum atomic E-state index is 13.4. The molecule has 0 spiro atoms. The van der Waals surface area contributed by atoms with Crippen molar-refractivity contribution in [3.05, 3.63) is 98.1 Å². The Kier molecular flexibility index (Phi) is 5.85. The van der Waals surface area contributed by atoms with Gasteiger partial charge in [-0.3, -0.25) is 9.78 Å². The molecule has 33 heavy (non-hydrogen) atoms. The van der Waals surface area contributed by atoms with Gasteiger partial charge in [-0.15, -0.1) is 0 Å². The fourth-order valence-electron chi connectivity index (χ4n) is 3.53. The summed E-state index contributed by atoms with van der Waals surface area (Å²) in [7, 11) is 0. The molecule has 0 bridgehead atoms. The summed E-state index contributed by atoms with van der Waals surface area (Å²) in [6.07, 6.45) is 3.19. The summed E-state index contributed by atoms with van der Waals surface area (Å²) in [4.78, 5) is 21.6. The molecule has 0 aliphatic heterocycles. The van der Waals surface area contributed by atoms with Crippen LogP contribution < -0.4 is 0 Å². The van der Waals surface area contributed by atoms with Crippen LogP contribution in [-0.4, -0.2) is 25.5 Å². The number of carbonyl (C=O) groups is 1. The minimum atomic E-state index is -0.489. The topological polar surface area (TPSA) is 73.8 Å². The maximum absolute atomic E-state index is 13.4. The zero-order valence-corrected chi connectivity index (χ0v) is 19.6. The van der Waals surface area contributed by atoms with Crippen LogP contribution >= 0.6 is 46.4 Å². The molecule has 0 amide bonds. The first-order chi connectivity index (χ1) is 15.9. The molecule has 3 heterocycles. The van der Waals surface area contributed by atoms with E-state index < -0.39 is 5.78 Å². The minimum absolute atomic E-state index is 0.118. The molecule has 3 aromatic heterocycles. The highest BCUT2D eigenvalue weighted by molar-refractivity contribution is 6.38. The fourth-order valence-corrected chi connectivity index (χ4v) is 4.50. The second-order valence-electron chi connectivity index (χ2n) is 7.14. The number of fused-ring (bicyclic) bond motifs is 1. The smallest absolute Gasteiger partial charge is 0.258 e. The summed E-state index contributed by atoms with van der Waals surface area (Å²) in [5, 5.41) is 6.11. The zero-order valence-electron chi connectivity index (χ0n) is 16.6. The van der Waals surface area contributed by atoms with Crippen molar-refractivity contribution >= 4 is 63.1 Å². The lowest BCUT2D eigenvalue weighted by Gasteiger charge is -2.09. The van der Waals surface area contributed by atoms with Crippen LogP contribution in [0.25, 0.3) is 22.4 Å². The first-order valence-electron chi connectivity index (χ1n) is 9.62. The number of aromatic nitrogens is 4. The molecule has 0 radical (unpaired) electrons. The van der Waals surface area contributed by atoms with Gasteiger partial charge in [-0.2, -0.15) is 4.98 Å². The lowest BCUT2D eigenvalue weighted by atomic mass is 10.1. The number of hydrogen-bond donors (Lipinski definition) is 0. The molecule has 5 rings (SSSR count). The summed E-state index contributed by atoms with van der Waals surface area (Å²) in [5.41, 5.74) is 2.36. The summed E-state index contributed by atoms with van der Waals surface area (Å²) >= 11 is 25.4. The predicted octanol–water partition coefficient (Wildman–Crippen LogP) is 6.98. The third-order valence-corrected chi connectivity index (χ3v) is 6.30. The molecular formula is C23H12Cl4N4O2. The molecule has 0 atom stereocenters. The SMILES string of the molecule is O=C(c1noc(-c2ccncc2)n1)c1c(Cl)n(Cc2ccc(Cl)cc2Cl)c2ccc(Cl)cc12. The molecule has 0 saturated carbocycles. The van der Waals surface area contributed by atoms with Crippen molar-refractivity contribution in [2.45, 2.75) is 6.54 Å². The molecule has 0 N–H and O–H groups in total. The zero-order chi connectivity index (χ0) is 23.1. The Hall–Kier alpha value is -2.90. The van der Waals surface area contributed by atoms with E-state index in [0.29, 0.717) is 38.1 Å². The molecule has 164 valence electrons. The Morgan fingerprint density at radius 3 is 2.42 bits per heavy atom. The lowest BCUT2D eigenvalue weighted by Crippen LogP contribution is -2.06. The van der Waals surface area contributed by atoms with Gasteiger partial charge in [0.05, 0.1) is 17.6 Å². The maximum Gasteiger partial charge on any atom is 0.258 e. The number of benzene rings is 2. The largest absolute Gasteiger partial charge is 0.333 e. The van der Waals surface area contributed by atoms with E-state index in [1.54, 1.807) is 59.4 Å². The second kappa shape index (κ2) is 8.80. The van der Waals surface area contributed by atoms with E-state index in [0.717, 1.165) is 5.56 Å². The van der Waals surface area contributed by atoms with Gasteiger partial charge in [0.2, 0.25) is 11.6 Å². The summed E-state index contributed by atoms with van der Waals surface area (Å²) in [5.74, 6) is -0.406. The highest BCUT2D eigenvalue weighted by Crippen LogP contribution is 2.35. The lowest BCUT2D eigenvalue weighted by molar-refractivity contribution is 0.102. The number of hydrogen-bond acceptors (Lipinski definition) is 5. The van der Waals surface area contributed by atoms with Gasteiger partial charge in [0.15, 0.2) is 0 Å². The van der Waals surface area contributed by atoms with Gasteiger partial charge in [-0.1, -0.05) is 57.6 Å². The molecule has 0 saturated heterocycles. The van der Waals surface area contributed by atoms with Crippen LogP contribution in [0.5, 0.6) is 0 Å². The molecule has 6 nitrogen and oxygen atoms in total. The first-order valence-corrected chi connectivity index (χ1v) is 11.1. The number of halogens is 4. The number of rotatable bonds is 5. The van der Waals surface area contributed by atoms with E-state index in [-0.39, 0.29) is 22.4 Å². The summed E-state index contributed by atoms with van der Waals surface area (Å²) in [6, 6.07) is 13.8. The van der Waals surface area contributed by atoms with Gasteiger partial charge < -0.3 is 9.09 Å². The predicted molar refractivity (Wildman–Crippen MR) is 128 cm³/mol. The highest BCUT2D eigenvalue weighted by atomic mass is 35.5. The minimum Gasteiger partial charge on any atom is -0.333 e. The van der Waals surface area contributed by atoms with Crippen LogP contribution in [0, 0.1) is 0 Å². The summed E-state index contributed by atoms with van der Waals surface area (Å²) < 4.78 is 7.06. The van der Waals surface area contributed by atoms with Crippen LogP contribution in [-0.2, 0) is 6.54 Å². The average Bonchev–Trinajstić information content (AvgIpc) is 3.39. The number of pyridine rings is 1. The standard InChI is InChI=1S/C23H12Cl4N4O2/c24-14-3-4-18-16(9-14)19(21(27)31(18)11-13-1-2-15(25)10-17(13)26)20(32)22-29-23(33-30-22)12-5-7-28-8-6-12/h1-10H,11H2. The van der Waals surface area contributed by atoms with E-state index in [2.05, 4.69) is 15.1 Å². The van der Waals surface area contributed by atoms with Crippen LogP contribution in [0.1, 0.15) is 21.7 Å². The normalized spacial score (nSPS) is 11.3.